The normalized spacial score (nSPS) is 11.4. The maximum atomic E-state index is 5.43. The van der Waals surface area contributed by atoms with Crippen LogP contribution in [0.25, 0.3) is 10.6 Å². The quantitative estimate of drug-likeness (QED) is 0.634. The second-order valence-corrected chi connectivity index (χ2v) is 5.80. The fourth-order valence-electron chi connectivity index (χ4n) is 2.18. The van der Waals surface area contributed by atoms with Gasteiger partial charge in [-0.15, -0.1) is 11.3 Å². The van der Waals surface area contributed by atoms with E-state index in [2.05, 4.69) is 15.3 Å². The monoisotopic (exact) mass is 318 g/mol. The van der Waals surface area contributed by atoms with E-state index in [4.69, 9.17) is 13.6 Å². The van der Waals surface area contributed by atoms with Crippen molar-refractivity contribution in [2.45, 2.75) is 13.1 Å². The van der Waals surface area contributed by atoms with Crippen LogP contribution >= 0.6 is 11.3 Å². The van der Waals surface area contributed by atoms with Gasteiger partial charge in [0.05, 0.1) is 31.4 Å². The van der Waals surface area contributed by atoms with Crippen LogP contribution in [0.5, 0.6) is 0 Å². The molecular weight excluding hydrogens is 300 g/mol. The van der Waals surface area contributed by atoms with Crippen molar-refractivity contribution in [3.8, 4) is 10.6 Å². The Balaban J connectivity index is 1.67. The SMILES string of the molecule is COCCN(Cc1csc(-c2ccoc2)n1)Cc1ccco1. The van der Waals surface area contributed by atoms with Crippen LogP contribution in [-0.2, 0) is 17.8 Å². The van der Waals surface area contributed by atoms with E-state index in [9.17, 15) is 0 Å². The van der Waals surface area contributed by atoms with E-state index < -0.39 is 0 Å². The van der Waals surface area contributed by atoms with Gasteiger partial charge in [0.1, 0.15) is 17.0 Å². The molecule has 3 aromatic heterocycles. The number of ether oxygens (including phenoxy) is 1. The fourth-order valence-corrected chi connectivity index (χ4v) is 2.98. The summed E-state index contributed by atoms with van der Waals surface area (Å²) in [4.78, 5) is 6.94. The predicted molar refractivity (Wildman–Crippen MR) is 84.5 cm³/mol. The average Bonchev–Trinajstić information content (AvgIpc) is 3.26. The topological polar surface area (TPSA) is 51.6 Å². The van der Waals surface area contributed by atoms with Gasteiger partial charge < -0.3 is 13.6 Å². The van der Waals surface area contributed by atoms with Gasteiger partial charge in [-0.05, 0) is 18.2 Å². The fraction of sp³-hybridized carbons (Fsp3) is 0.312. The molecule has 6 heteroatoms. The summed E-state index contributed by atoms with van der Waals surface area (Å²) < 4.78 is 15.7. The lowest BCUT2D eigenvalue weighted by atomic mass is 10.3. The van der Waals surface area contributed by atoms with Gasteiger partial charge in [-0.2, -0.15) is 0 Å². The Labute approximate surface area is 133 Å². The number of methoxy groups -OCH3 is 1. The first-order valence-corrected chi connectivity index (χ1v) is 7.94. The molecule has 0 aliphatic carbocycles. The van der Waals surface area contributed by atoms with Crippen LogP contribution in [0.3, 0.4) is 0 Å². The Bertz CT molecular complexity index is 661. The highest BCUT2D eigenvalue weighted by molar-refractivity contribution is 7.13. The van der Waals surface area contributed by atoms with Gasteiger partial charge in [-0.25, -0.2) is 4.98 Å². The average molecular weight is 318 g/mol. The second-order valence-electron chi connectivity index (χ2n) is 4.94. The largest absolute Gasteiger partial charge is 0.472 e. The number of furan rings is 2. The molecule has 5 nitrogen and oxygen atoms in total. The Morgan fingerprint density at radius 3 is 2.95 bits per heavy atom. The zero-order valence-corrected chi connectivity index (χ0v) is 13.2. The highest BCUT2D eigenvalue weighted by atomic mass is 32.1. The van der Waals surface area contributed by atoms with E-state index in [1.165, 1.54) is 0 Å². The van der Waals surface area contributed by atoms with E-state index in [0.29, 0.717) is 6.61 Å². The molecule has 116 valence electrons. The summed E-state index contributed by atoms with van der Waals surface area (Å²) in [7, 11) is 1.71. The highest BCUT2D eigenvalue weighted by Crippen LogP contribution is 2.24. The number of nitrogens with zero attached hydrogens (tertiary/aromatic N) is 2. The van der Waals surface area contributed by atoms with Crippen molar-refractivity contribution < 1.29 is 13.6 Å². The Hall–Kier alpha value is -1.89. The molecule has 0 unspecified atom stereocenters. The maximum absolute atomic E-state index is 5.43. The Morgan fingerprint density at radius 1 is 1.27 bits per heavy atom. The number of hydrogen-bond acceptors (Lipinski definition) is 6. The van der Waals surface area contributed by atoms with E-state index >= 15 is 0 Å². The van der Waals surface area contributed by atoms with E-state index in [-0.39, 0.29) is 0 Å². The molecule has 0 radical (unpaired) electrons. The number of rotatable bonds is 8. The lowest BCUT2D eigenvalue weighted by molar-refractivity contribution is 0.134. The third-order valence-corrected chi connectivity index (χ3v) is 4.22. The van der Waals surface area contributed by atoms with Crippen molar-refractivity contribution in [1.29, 1.82) is 0 Å². The molecule has 0 amide bonds. The summed E-state index contributed by atoms with van der Waals surface area (Å²) in [5, 5.41) is 3.07. The molecule has 0 aliphatic heterocycles. The molecule has 3 aromatic rings. The summed E-state index contributed by atoms with van der Waals surface area (Å²) in [6.07, 6.45) is 5.08. The first kappa shape index (κ1) is 15.0. The third kappa shape index (κ3) is 3.85. The molecule has 0 fully saturated rings. The molecule has 3 rings (SSSR count). The van der Waals surface area contributed by atoms with Gasteiger partial charge in [-0.3, -0.25) is 4.90 Å². The van der Waals surface area contributed by atoms with Crippen molar-refractivity contribution in [2.75, 3.05) is 20.3 Å². The van der Waals surface area contributed by atoms with Crippen LogP contribution in [0.1, 0.15) is 11.5 Å². The van der Waals surface area contributed by atoms with Crippen LogP contribution in [-0.4, -0.2) is 30.1 Å². The summed E-state index contributed by atoms with van der Waals surface area (Å²) in [6.45, 7) is 3.02. The van der Waals surface area contributed by atoms with Gasteiger partial charge in [0.15, 0.2) is 0 Å². The number of thiazole rings is 1. The lowest BCUT2D eigenvalue weighted by Gasteiger charge is -2.19. The summed E-state index contributed by atoms with van der Waals surface area (Å²) in [5.74, 6) is 0.946. The third-order valence-electron chi connectivity index (χ3n) is 3.28. The summed E-state index contributed by atoms with van der Waals surface area (Å²) in [5.41, 5.74) is 2.06. The van der Waals surface area contributed by atoms with Crippen molar-refractivity contribution in [2.24, 2.45) is 0 Å². The van der Waals surface area contributed by atoms with Gasteiger partial charge >= 0.3 is 0 Å². The molecule has 0 aliphatic rings. The maximum Gasteiger partial charge on any atom is 0.126 e. The van der Waals surface area contributed by atoms with Crippen molar-refractivity contribution in [3.63, 3.8) is 0 Å². The first-order chi connectivity index (χ1) is 10.8. The minimum absolute atomic E-state index is 0.680. The summed E-state index contributed by atoms with van der Waals surface area (Å²) in [6, 6.07) is 5.82. The molecule has 0 saturated heterocycles. The van der Waals surface area contributed by atoms with Crippen molar-refractivity contribution in [1.82, 2.24) is 9.88 Å². The van der Waals surface area contributed by atoms with Crippen molar-refractivity contribution >= 4 is 11.3 Å². The van der Waals surface area contributed by atoms with Crippen LogP contribution in [0.2, 0.25) is 0 Å². The molecule has 0 spiro atoms. The molecule has 0 saturated carbocycles. The van der Waals surface area contributed by atoms with E-state index in [1.54, 1.807) is 37.2 Å². The standard InChI is InChI=1S/C16H18N2O3S/c1-19-8-5-18(10-15-3-2-6-21-15)9-14-12-22-16(17-14)13-4-7-20-11-13/h2-4,6-7,11-12H,5,8-10H2,1H3. The van der Waals surface area contributed by atoms with E-state index in [0.717, 1.165) is 41.7 Å². The molecule has 0 N–H and O–H groups in total. The van der Waals surface area contributed by atoms with Gasteiger partial charge in [0.25, 0.3) is 0 Å². The van der Waals surface area contributed by atoms with Crippen LogP contribution < -0.4 is 0 Å². The molecule has 22 heavy (non-hydrogen) atoms. The van der Waals surface area contributed by atoms with Crippen LogP contribution in [0.15, 0.2) is 51.2 Å². The number of hydrogen-bond donors (Lipinski definition) is 0. The van der Waals surface area contributed by atoms with Crippen molar-refractivity contribution in [3.05, 3.63) is 53.8 Å². The first-order valence-electron chi connectivity index (χ1n) is 7.06. The Kier molecular flexibility index (Phi) is 5.05. The lowest BCUT2D eigenvalue weighted by Crippen LogP contribution is -2.26. The second kappa shape index (κ2) is 7.40. The molecule has 0 atom stereocenters. The Morgan fingerprint density at radius 2 is 2.23 bits per heavy atom. The van der Waals surface area contributed by atoms with E-state index in [1.807, 2.05) is 18.2 Å². The van der Waals surface area contributed by atoms with Gasteiger partial charge in [0, 0.05) is 31.1 Å². The smallest absolute Gasteiger partial charge is 0.126 e. The molecular formula is C16H18N2O3S. The zero-order valence-electron chi connectivity index (χ0n) is 12.4. The zero-order chi connectivity index (χ0) is 15.2. The van der Waals surface area contributed by atoms with Crippen LogP contribution in [0.4, 0.5) is 0 Å². The molecule has 3 heterocycles. The van der Waals surface area contributed by atoms with Crippen LogP contribution in [0, 0.1) is 0 Å². The number of aromatic nitrogens is 1. The highest BCUT2D eigenvalue weighted by Gasteiger charge is 2.12. The summed E-state index contributed by atoms with van der Waals surface area (Å²) >= 11 is 1.63. The van der Waals surface area contributed by atoms with Gasteiger partial charge in [-0.1, -0.05) is 0 Å². The molecule has 0 aromatic carbocycles. The minimum Gasteiger partial charge on any atom is -0.472 e. The van der Waals surface area contributed by atoms with Gasteiger partial charge in [0.2, 0.25) is 0 Å². The predicted octanol–water partition coefficient (Wildman–Crippen LogP) is 3.64. The molecule has 0 bridgehead atoms. The minimum atomic E-state index is 0.680.